The van der Waals surface area contributed by atoms with Gasteiger partial charge in [0.05, 0.1) is 12.8 Å². The smallest absolute Gasteiger partial charge is 0.119 e. The third-order valence-corrected chi connectivity index (χ3v) is 1.96. The van der Waals surface area contributed by atoms with Crippen LogP contribution in [-0.2, 0) is 6.42 Å². The van der Waals surface area contributed by atoms with Crippen LogP contribution < -0.4 is 4.74 Å². The van der Waals surface area contributed by atoms with E-state index < -0.39 is 0 Å². The van der Waals surface area contributed by atoms with Crippen LogP contribution in [0.1, 0.15) is 5.56 Å². The highest BCUT2D eigenvalue weighted by Gasteiger charge is 1.94. The standard InChI is InChI=1S/C11H12N2O/c1-2-4-11(5-3-1)14-7-6-10-8-12-13-9-10/h1-5,8-9H,6-7H2,(H,12,13). The lowest BCUT2D eigenvalue weighted by molar-refractivity contribution is 0.322. The van der Waals surface area contributed by atoms with Gasteiger partial charge >= 0.3 is 0 Å². The number of aromatic nitrogens is 2. The van der Waals surface area contributed by atoms with Crippen molar-refractivity contribution in [2.24, 2.45) is 0 Å². The molecule has 0 aliphatic heterocycles. The zero-order chi connectivity index (χ0) is 9.64. The minimum Gasteiger partial charge on any atom is -0.493 e. The predicted molar refractivity (Wildman–Crippen MR) is 54.2 cm³/mol. The van der Waals surface area contributed by atoms with Crippen molar-refractivity contribution in [3.05, 3.63) is 48.3 Å². The summed E-state index contributed by atoms with van der Waals surface area (Å²) in [5, 5.41) is 6.64. The Morgan fingerprint density at radius 3 is 2.79 bits per heavy atom. The van der Waals surface area contributed by atoms with Gasteiger partial charge in [0.15, 0.2) is 0 Å². The zero-order valence-corrected chi connectivity index (χ0v) is 7.81. The number of nitrogens with zero attached hydrogens (tertiary/aromatic N) is 1. The SMILES string of the molecule is c1ccc(OCCc2cn[nH]c2)cc1. The van der Waals surface area contributed by atoms with E-state index in [1.165, 1.54) is 5.56 Å². The van der Waals surface area contributed by atoms with Crippen LogP contribution in [0.15, 0.2) is 42.7 Å². The van der Waals surface area contributed by atoms with Gasteiger partial charge in [-0.25, -0.2) is 0 Å². The number of ether oxygens (including phenoxy) is 1. The van der Waals surface area contributed by atoms with Crippen LogP contribution in [0.5, 0.6) is 5.75 Å². The third kappa shape index (κ3) is 2.36. The first-order chi connectivity index (χ1) is 6.95. The van der Waals surface area contributed by atoms with Crippen LogP contribution in [-0.4, -0.2) is 16.8 Å². The fraction of sp³-hybridized carbons (Fsp3) is 0.182. The molecule has 2 rings (SSSR count). The summed E-state index contributed by atoms with van der Waals surface area (Å²) in [7, 11) is 0. The molecule has 0 radical (unpaired) electrons. The molecule has 1 heterocycles. The molecule has 0 saturated carbocycles. The van der Waals surface area contributed by atoms with Gasteiger partial charge in [-0.1, -0.05) is 18.2 Å². The van der Waals surface area contributed by atoms with Gasteiger partial charge < -0.3 is 4.74 Å². The molecule has 0 bridgehead atoms. The maximum atomic E-state index is 5.54. The molecule has 3 heteroatoms. The number of H-pyrrole nitrogens is 1. The van der Waals surface area contributed by atoms with Crippen LogP contribution in [0, 0.1) is 0 Å². The van der Waals surface area contributed by atoms with Crippen molar-refractivity contribution in [2.45, 2.75) is 6.42 Å². The van der Waals surface area contributed by atoms with Crippen molar-refractivity contribution in [2.75, 3.05) is 6.61 Å². The molecular weight excluding hydrogens is 176 g/mol. The van der Waals surface area contributed by atoms with Crippen molar-refractivity contribution in [3.63, 3.8) is 0 Å². The van der Waals surface area contributed by atoms with Gasteiger partial charge in [-0.3, -0.25) is 5.10 Å². The van der Waals surface area contributed by atoms with Gasteiger partial charge in [0.25, 0.3) is 0 Å². The van der Waals surface area contributed by atoms with E-state index in [9.17, 15) is 0 Å². The quantitative estimate of drug-likeness (QED) is 0.797. The summed E-state index contributed by atoms with van der Waals surface area (Å²) in [4.78, 5) is 0. The van der Waals surface area contributed by atoms with E-state index >= 15 is 0 Å². The molecule has 0 saturated heterocycles. The number of nitrogens with one attached hydrogen (secondary N) is 1. The first kappa shape index (κ1) is 8.81. The Morgan fingerprint density at radius 1 is 1.21 bits per heavy atom. The van der Waals surface area contributed by atoms with Crippen LogP contribution >= 0.6 is 0 Å². The molecule has 1 N–H and O–H groups in total. The second-order valence-corrected chi connectivity index (χ2v) is 3.02. The number of benzene rings is 1. The fourth-order valence-corrected chi connectivity index (χ4v) is 1.22. The highest BCUT2D eigenvalue weighted by atomic mass is 16.5. The molecule has 1 aromatic carbocycles. The van der Waals surface area contributed by atoms with Crippen molar-refractivity contribution >= 4 is 0 Å². The van der Waals surface area contributed by atoms with Gasteiger partial charge in [-0.2, -0.15) is 5.10 Å². The topological polar surface area (TPSA) is 37.9 Å². The van der Waals surface area contributed by atoms with Crippen LogP contribution in [0.25, 0.3) is 0 Å². The lowest BCUT2D eigenvalue weighted by Gasteiger charge is -2.03. The summed E-state index contributed by atoms with van der Waals surface area (Å²) in [5.74, 6) is 0.913. The molecule has 0 fully saturated rings. The maximum Gasteiger partial charge on any atom is 0.119 e. The molecular formula is C11H12N2O. The summed E-state index contributed by atoms with van der Waals surface area (Å²) >= 11 is 0. The highest BCUT2D eigenvalue weighted by molar-refractivity contribution is 5.21. The third-order valence-electron chi connectivity index (χ3n) is 1.96. The van der Waals surface area contributed by atoms with Gasteiger partial charge in [-0.15, -0.1) is 0 Å². The van der Waals surface area contributed by atoms with Crippen LogP contribution in [0.2, 0.25) is 0 Å². The van der Waals surface area contributed by atoms with Crippen LogP contribution in [0.4, 0.5) is 0 Å². The van der Waals surface area contributed by atoms with E-state index in [1.54, 1.807) is 0 Å². The summed E-state index contributed by atoms with van der Waals surface area (Å²) in [6.07, 6.45) is 4.58. The normalized spacial score (nSPS) is 10.0. The van der Waals surface area contributed by atoms with Gasteiger partial charge in [0, 0.05) is 12.6 Å². The Kier molecular flexibility index (Phi) is 2.81. The van der Waals surface area contributed by atoms with E-state index in [1.807, 2.05) is 42.7 Å². The average Bonchev–Trinajstić information content (AvgIpc) is 2.72. The second kappa shape index (κ2) is 4.46. The number of para-hydroxylation sites is 1. The van der Waals surface area contributed by atoms with E-state index in [2.05, 4.69) is 10.2 Å². The van der Waals surface area contributed by atoms with E-state index in [4.69, 9.17) is 4.74 Å². The minimum atomic E-state index is 0.684. The largest absolute Gasteiger partial charge is 0.493 e. The maximum absolute atomic E-state index is 5.54. The van der Waals surface area contributed by atoms with Crippen molar-refractivity contribution in [3.8, 4) is 5.75 Å². The number of hydrogen-bond donors (Lipinski definition) is 1. The monoisotopic (exact) mass is 188 g/mol. The molecule has 14 heavy (non-hydrogen) atoms. The Hall–Kier alpha value is -1.77. The average molecular weight is 188 g/mol. The summed E-state index contributed by atoms with van der Waals surface area (Å²) in [6.45, 7) is 0.684. The molecule has 1 aromatic heterocycles. The van der Waals surface area contributed by atoms with Gasteiger partial charge in [0.2, 0.25) is 0 Å². The lowest BCUT2D eigenvalue weighted by Crippen LogP contribution is -2.00. The fourth-order valence-electron chi connectivity index (χ4n) is 1.22. The summed E-state index contributed by atoms with van der Waals surface area (Å²) in [5.41, 5.74) is 1.17. The van der Waals surface area contributed by atoms with Crippen LogP contribution in [0.3, 0.4) is 0 Å². The minimum absolute atomic E-state index is 0.684. The Balaban J connectivity index is 1.79. The van der Waals surface area contributed by atoms with Gasteiger partial charge in [-0.05, 0) is 17.7 Å². The Labute approximate surface area is 82.7 Å². The number of rotatable bonds is 4. The highest BCUT2D eigenvalue weighted by Crippen LogP contribution is 2.08. The van der Waals surface area contributed by atoms with Crippen molar-refractivity contribution in [1.82, 2.24) is 10.2 Å². The molecule has 0 aliphatic rings. The summed E-state index contributed by atoms with van der Waals surface area (Å²) in [6, 6.07) is 9.81. The molecule has 0 amide bonds. The predicted octanol–water partition coefficient (Wildman–Crippen LogP) is 2.03. The molecule has 0 spiro atoms. The molecule has 2 aromatic rings. The van der Waals surface area contributed by atoms with Crippen molar-refractivity contribution < 1.29 is 4.74 Å². The molecule has 3 nitrogen and oxygen atoms in total. The summed E-state index contributed by atoms with van der Waals surface area (Å²) < 4.78 is 5.54. The lowest BCUT2D eigenvalue weighted by atomic mass is 10.3. The first-order valence-electron chi connectivity index (χ1n) is 4.60. The molecule has 72 valence electrons. The van der Waals surface area contributed by atoms with E-state index in [0.29, 0.717) is 6.61 Å². The second-order valence-electron chi connectivity index (χ2n) is 3.02. The van der Waals surface area contributed by atoms with Crippen molar-refractivity contribution in [1.29, 1.82) is 0 Å². The molecule has 0 aliphatic carbocycles. The van der Waals surface area contributed by atoms with E-state index in [-0.39, 0.29) is 0 Å². The van der Waals surface area contributed by atoms with Gasteiger partial charge in [0.1, 0.15) is 5.75 Å². The Morgan fingerprint density at radius 2 is 2.07 bits per heavy atom. The first-order valence-corrected chi connectivity index (χ1v) is 4.60. The molecule has 0 atom stereocenters. The number of hydrogen-bond acceptors (Lipinski definition) is 2. The molecule has 0 unspecified atom stereocenters. The Bertz CT molecular complexity index is 356. The van der Waals surface area contributed by atoms with E-state index in [0.717, 1.165) is 12.2 Å². The number of aromatic amines is 1. The zero-order valence-electron chi connectivity index (χ0n) is 7.81.